The topological polar surface area (TPSA) is 40.5 Å². The maximum atomic E-state index is 13.0. The molecule has 1 aliphatic heterocycles. The summed E-state index contributed by atoms with van der Waals surface area (Å²) >= 11 is 5.66. The fourth-order valence-corrected chi connectivity index (χ4v) is 2.26. The van der Waals surface area contributed by atoms with Crippen molar-refractivity contribution < 1.29 is 14.3 Å². The molecule has 3 nitrogen and oxygen atoms in total. The molecule has 0 bridgehead atoms. The third kappa shape index (κ3) is 3.55. The number of aliphatic hydroxyl groups excluding tert-OH is 1. The Labute approximate surface area is 116 Å². The van der Waals surface area contributed by atoms with Gasteiger partial charge in [-0.15, -0.1) is 0 Å². The largest absolute Gasteiger partial charge is 0.396 e. The number of benzene rings is 1. The van der Waals surface area contributed by atoms with Gasteiger partial charge in [-0.05, 0) is 30.2 Å². The molecule has 0 radical (unpaired) electrons. The van der Waals surface area contributed by atoms with Gasteiger partial charge in [0.2, 0.25) is 5.91 Å². The zero-order chi connectivity index (χ0) is 13.8. The number of likely N-dealkylation sites (tertiary alicyclic amines) is 1. The molecule has 102 valence electrons. The summed E-state index contributed by atoms with van der Waals surface area (Å²) in [6, 6.07) is 4.30. The van der Waals surface area contributed by atoms with Crippen LogP contribution >= 0.6 is 11.6 Å². The highest BCUT2D eigenvalue weighted by Crippen LogP contribution is 2.18. The van der Waals surface area contributed by atoms with Crippen LogP contribution in [0.25, 0.3) is 6.08 Å². The highest BCUT2D eigenvalue weighted by atomic mass is 35.5. The van der Waals surface area contributed by atoms with Crippen molar-refractivity contribution in [1.82, 2.24) is 4.90 Å². The Morgan fingerprint density at radius 1 is 1.58 bits per heavy atom. The molecule has 2 rings (SSSR count). The highest BCUT2D eigenvalue weighted by Gasteiger charge is 2.23. The van der Waals surface area contributed by atoms with Gasteiger partial charge in [0.05, 0.1) is 5.02 Å². The van der Waals surface area contributed by atoms with Crippen molar-refractivity contribution in [2.24, 2.45) is 5.92 Å². The van der Waals surface area contributed by atoms with Gasteiger partial charge < -0.3 is 10.0 Å². The van der Waals surface area contributed by atoms with Crippen LogP contribution in [0.1, 0.15) is 12.0 Å². The second-order valence-electron chi connectivity index (χ2n) is 4.63. The number of halogens is 2. The summed E-state index contributed by atoms with van der Waals surface area (Å²) in [6.07, 6.45) is 3.89. The molecule has 1 saturated heterocycles. The van der Waals surface area contributed by atoms with Crippen molar-refractivity contribution in [3.63, 3.8) is 0 Å². The minimum Gasteiger partial charge on any atom is -0.396 e. The fourth-order valence-electron chi connectivity index (χ4n) is 2.07. The standard InChI is InChI=1S/C14H15ClFNO2/c15-12-7-10(1-3-13(12)16)2-4-14(19)17-6-5-11(8-17)9-18/h1-4,7,11,18H,5-6,8-9H2. The number of hydrogen-bond acceptors (Lipinski definition) is 2. The van der Waals surface area contributed by atoms with Crippen LogP contribution in [0.3, 0.4) is 0 Å². The van der Waals surface area contributed by atoms with E-state index < -0.39 is 5.82 Å². The predicted molar refractivity (Wildman–Crippen MR) is 72.2 cm³/mol. The molecule has 1 aromatic rings. The first-order valence-electron chi connectivity index (χ1n) is 6.13. The number of rotatable bonds is 3. The van der Waals surface area contributed by atoms with Gasteiger partial charge in [-0.1, -0.05) is 17.7 Å². The van der Waals surface area contributed by atoms with Gasteiger partial charge >= 0.3 is 0 Å². The molecule has 0 aliphatic carbocycles. The first kappa shape index (κ1) is 14.0. The summed E-state index contributed by atoms with van der Waals surface area (Å²) in [5.74, 6) is -0.399. The lowest BCUT2D eigenvalue weighted by atomic mass is 10.1. The van der Waals surface area contributed by atoms with E-state index in [4.69, 9.17) is 16.7 Å². The Hall–Kier alpha value is -1.39. The molecule has 1 amide bonds. The Bertz CT molecular complexity index is 504. The molecule has 1 heterocycles. The number of carbonyl (C=O) groups is 1. The summed E-state index contributed by atoms with van der Waals surface area (Å²) in [5.41, 5.74) is 0.678. The summed E-state index contributed by atoms with van der Waals surface area (Å²) in [5, 5.41) is 9.06. The van der Waals surface area contributed by atoms with E-state index in [-0.39, 0.29) is 23.5 Å². The van der Waals surface area contributed by atoms with Gasteiger partial charge in [0.1, 0.15) is 5.82 Å². The molecule has 1 unspecified atom stereocenters. The third-order valence-electron chi connectivity index (χ3n) is 3.22. The SMILES string of the molecule is O=C(C=Cc1ccc(F)c(Cl)c1)N1CCC(CO)C1. The van der Waals surface area contributed by atoms with E-state index in [9.17, 15) is 9.18 Å². The zero-order valence-electron chi connectivity index (χ0n) is 10.4. The summed E-state index contributed by atoms with van der Waals surface area (Å²) in [4.78, 5) is 13.6. The number of hydrogen-bond donors (Lipinski definition) is 1. The predicted octanol–water partition coefficient (Wildman–Crippen LogP) is 2.33. The molecule has 1 fully saturated rings. The molecule has 0 spiro atoms. The quantitative estimate of drug-likeness (QED) is 0.865. The second-order valence-corrected chi connectivity index (χ2v) is 5.04. The second kappa shape index (κ2) is 6.17. The fraction of sp³-hybridized carbons (Fsp3) is 0.357. The number of amides is 1. The lowest BCUT2D eigenvalue weighted by Crippen LogP contribution is -2.27. The smallest absolute Gasteiger partial charge is 0.246 e. The number of aliphatic hydroxyl groups is 1. The van der Waals surface area contributed by atoms with Gasteiger partial charge in [0.15, 0.2) is 0 Å². The minimum atomic E-state index is -0.476. The molecule has 0 saturated carbocycles. The van der Waals surface area contributed by atoms with Gasteiger partial charge in [-0.25, -0.2) is 4.39 Å². The maximum absolute atomic E-state index is 13.0. The lowest BCUT2D eigenvalue weighted by Gasteiger charge is -2.13. The van der Waals surface area contributed by atoms with Crippen LogP contribution < -0.4 is 0 Å². The molecule has 1 aliphatic rings. The van der Waals surface area contributed by atoms with Crippen molar-refractivity contribution in [2.75, 3.05) is 19.7 Å². The summed E-state index contributed by atoms with van der Waals surface area (Å²) in [7, 11) is 0. The maximum Gasteiger partial charge on any atom is 0.246 e. The van der Waals surface area contributed by atoms with Crippen LogP contribution in [0.5, 0.6) is 0 Å². The highest BCUT2D eigenvalue weighted by molar-refractivity contribution is 6.30. The first-order chi connectivity index (χ1) is 9.10. The van der Waals surface area contributed by atoms with Crippen LogP contribution in [-0.4, -0.2) is 35.6 Å². The Balaban J connectivity index is 1.98. The molecule has 5 heteroatoms. The van der Waals surface area contributed by atoms with E-state index in [1.165, 1.54) is 18.2 Å². The van der Waals surface area contributed by atoms with Crippen molar-refractivity contribution >= 4 is 23.6 Å². The van der Waals surface area contributed by atoms with E-state index in [1.54, 1.807) is 17.0 Å². The summed E-state index contributed by atoms with van der Waals surface area (Å²) in [6.45, 7) is 1.36. The average molecular weight is 284 g/mol. The van der Waals surface area contributed by atoms with Crippen LogP contribution in [0.2, 0.25) is 5.02 Å². The average Bonchev–Trinajstić information content (AvgIpc) is 2.88. The number of carbonyl (C=O) groups excluding carboxylic acids is 1. The van der Waals surface area contributed by atoms with E-state index in [2.05, 4.69) is 0 Å². The number of nitrogens with zero attached hydrogens (tertiary/aromatic N) is 1. The normalized spacial score (nSPS) is 19.3. The van der Waals surface area contributed by atoms with Gasteiger partial charge in [-0.2, -0.15) is 0 Å². The third-order valence-corrected chi connectivity index (χ3v) is 3.51. The molecule has 1 aromatic carbocycles. The van der Waals surface area contributed by atoms with Gasteiger partial charge in [0.25, 0.3) is 0 Å². The molecular weight excluding hydrogens is 269 g/mol. The first-order valence-corrected chi connectivity index (χ1v) is 6.51. The van der Waals surface area contributed by atoms with Crippen LogP contribution in [0.15, 0.2) is 24.3 Å². The Morgan fingerprint density at radius 3 is 3.00 bits per heavy atom. The molecular formula is C14H15ClFNO2. The summed E-state index contributed by atoms with van der Waals surface area (Å²) < 4.78 is 13.0. The lowest BCUT2D eigenvalue weighted by molar-refractivity contribution is -0.125. The van der Waals surface area contributed by atoms with E-state index in [1.807, 2.05) is 0 Å². The minimum absolute atomic E-state index is 0.0381. The molecule has 1 atom stereocenters. The van der Waals surface area contributed by atoms with Crippen molar-refractivity contribution in [1.29, 1.82) is 0 Å². The zero-order valence-corrected chi connectivity index (χ0v) is 11.1. The molecule has 0 aromatic heterocycles. The van der Waals surface area contributed by atoms with E-state index >= 15 is 0 Å². The van der Waals surface area contributed by atoms with Crippen LogP contribution in [0, 0.1) is 11.7 Å². The van der Waals surface area contributed by atoms with Crippen LogP contribution in [-0.2, 0) is 4.79 Å². The Kier molecular flexibility index (Phi) is 4.56. The van der Waals surface area contributed by atoms with Gasteiger partial charge in [0, 0.05) is 31.7 Å². The van der Waals surface area contributed by atoms with Crippen molar-refractivity contribution in [3.8, 4) is 0 Å². The van der Waals surface area contributed by atoms with E-state index in [0.717, 1.165) is 6.42 Å². The van der Waals surface area contributed by atoms with Gasteiger partial charge in [-0.3, -0.25) is 4.79 Å². The van der Waals surface area contributed by atoms with E-state index in [0.29, 0.717) is 18.7 Å². The van der Waals surface area contributed by atoms with Crippen LogP contribution in [0.4, 0.5) is 4.39 Å². The molecule has 1 N–H and O–H groups in total. The Morgan fingerprint density at radius 2 is 2.37 bits per heavy atom. The monoisotopic (exact) mass is 283 g/mol. The molecule has 19 heavy (non-hydrogen) atoms. The van der Waals surface area contributed by atoms with Crippen molar-refractivity contribution in [3.05, 3.63) is 40.7 Å². The van der Waals surface area contributed by atoms with Crippen molar-refractivity contribution in [2.45, 2.75) is 6.42 Å².